The van der Waals surface area contributed by atoms with Gasteiger partial charge in [0.1, 0.15) is 18.0 Å². The minimum absolute atomic E-state index is 0.342. The van der Waals surface area contributed by atoms with Gasteiger partial charge in [0, 0.05) is 12.1 Å². The van der Waals surface area contributed by atoms with E-state index in [4.69, 9.17) is 5.73 Å². The van der Waals surface area contributed by atoms with Crippen LogP contribution in [0, 0.1) is 0 Å². The van der Waals surface area contributed by atoms with Gasteiger partial charge in [0.15, 0.2) is 0 Å². The molecule has 3 N–H and O–H groups in total. The lowest BCUT2D eigenvalue weighted by Crippen LogP contribution is -2.10. The van der Waals surface area contributed by atoms with Gasteiger partial charge in [0.25, 0.3) is 0 Å². The van der Waals surface area contributed by atoms with E-state index in [1.807, 2.05) is 0 Å². The molecule has 0 fully saturated rings. The second-order valence-electron chi connectivity index (χ2n) is 4.66. The first-order valence-corrected chi connectivity index (χ1v) is 6.51. The van der Waals surface area contributed by atoms with Crippen molar-refractivity contribution in [1.29, 1.82) is 0 Å². The van der Waals surface area contributed by atoms with E-state index >= 15 is 0 Å². The molecule has 0 unspecified atom stereocenters. The van der Waals surface area contributed by atoms with Crippen molar-refractivity contribution in [2.75, 3.05) is 17.6 Å². The lowest BCUT2D eigenvalue weighted by Gasteiger charge is -2.14. The molecular formula is C13H24N4. The van der Waals surface area contributed by atoms with Crippen LogP contribution < -0.4 is 11.1 Å². The summed E-state index contributed by atoms with van der Waals surface area (Å²) in [6, 6.07) is 0. The summed E-state index contributed by atoms with van der Waals surface area (Å²) in [6.45, 7) is 7.39. The SMILES string of the molecule is CCCCCCNc1ncnc(N)c1C(C)C. The van der Waals surface area contributed by atoms with Gasteiger partial charge in [-0.1, -0.05) is 40.0 Å². The third-order valence-corrected chi connectivity index (χ3v) is 2.81. The Morgan fingerprint density at radius 3 is 2.65 bits per heavy atom. The Morgan fingerprint density at radius 1 is 1.24 bits per heavy atom. The molecular weight excluding hydrogens is 212 g/mol. The molecule has 1 heterocycles. The standard InChI is InChI=1S/C13H24N4/c1-4-5-6-7-8-15-13-11(10(2)3)12(14)16-9-17-13/h9-10H,4-8H2,1-3H3,(H3,14,15,16,17). The zero-order valence-electron chi connectivity index (χ0n) is 11.2. The van der Waals surface area contributed by atoms with E-state index in [1.165, 1.54) is 32.0 Å². The molecule has 0 saturated heterocycles. The summed E-state index contributed by atoms with van der Waals surface area (Å²) < 4.78 is 0. The fourth-order valence-electron chi connectivity index (χ4n) is 1.88. The second-order valence-corrected chi connectivity index (χ2v) is 4.66. The van der Waals surface area contributed by atoms with Crippen LogP contribution in [0.25, 0.3) is 0 Å². The lowest BCUT2D eigenvalue weighted by atomic mass is 10.0. The molecule has 0 amide bonds. The summed E-state index contributed by atoms with van der Waals surface area (Å²) in [5, 5.41) is 3.36. The summed E-state index contributed by atoms with van der Waals surface area (Å²) in [4.78, 5) is 8.32. The molecule has 17 heavy (non-hydrogen) atoms. The van der Waals surface area contributed by atoms with Crippen molar-refractivity contribution in [3.8, 4) is 0 Å². The Labute approximate surface area is 104 Å². The number of nitrogen functional groups attached to an aromatic ring is 1. The molecule has 0 spiro atoms. The maximum absolute atomic E-state index is 5.88. The minimum atomic E-state index is 0.342. The minimum Gasteiger partial charge on any atom is -0.383 e. The van der Waals surface area contributed by atoms with Crippen LogP contribution in [0.15, 0.2) is 6.33 Å². The van der Waals surface area contributed by atoms with Crippen LogP contribution in [-0.2, 0) is 0 Å². The number of anilines is 2. The van der Waals surface area contributed by atoms with Crippen LogP contribution in [0.3, 0.4) is 0 Å². The van der Waals surface area contributed by atoms with Crippen LogP contribution in [0.1, 0.15) is 57.9 Å². The normalized spacial score (nSPS) is 10.8. The molecule has 0 aliphatic carbocycles. The molecule has 0 aliphatic heterocycles. The molecule has 0 radical (unpaired) electrons. The summed E-state index contributed by atoms with van der Waals surface area (Å²) in [5.74, 6) is 1.82. The van der Waals surface area contributed by atoms with E-state index < -0.39 is 0 Å². The zero-order valence-corrected chi connectivity index (χ0v) is 11.2. The molecule has 0 aliphatic rings. The smallest absolute Gasteiger partial charge is 0.134 e. The van der Waals surface area contributed by atoms with Crippen LogP contribution in [0.5, 0.6) is 0 Å². The molecule has 0 bridgehead atoms. The summed E-state index contributed by atoms with van der Waals surface area (Å²) in [6.07, 6.45) is 6.52. The van der Waals surface area contributed by atoms with E-state index in [0.717, 1.165) is 17.9 Å². The fourth-order valence-corrected chi connectivity index (χ4v) is 1.88. The number of hydrogen-bond donors (Lipinski definition) is 2. The Balaban J connectivity index is 2.55. The van der Waals surface area contributed by atoms with Gasteiger partial charge in [-0.25, -0.2) is 9.97 Å². The molecule has 0 saturated carbocycles. The third-order valence-electron chi connectivity index (χ3n) is 2.81. The van der Waals surface area contributed by atoms with Gasteiger partial charge in [-0.2, -0.15) is 0 Å². The third kappa shape index (κ3) is 4.21. The number of nitrogens with two attached hydrogens (primary N) is 1. The lowest BCUT2D eigenvalue weighted by molar-refractivity contribution is 0.683. The van der Waals surface area contributed by atoms with Gasteiger partial charge in [-0.3, -0.25) is 0 Å². The number of nitrogens with one attached hydrogen (secondary N) is 1. The summed E-state index contributed by atoms with van der Waals surface area (Å²) in [5.41, 5.74) is 6.91. The first-order valence-electron chi connectivity index (χ1n) is 6.51. The first-order chi connectivity index (χ1) is 8.16. The van der Waals surface area contributed by atoms with Gasteiger partial charge in [-0.15, -0.1) is 0 Å². The Kier molecular flexibility index (Phi) is 5.73. The summed E-state index contributed by atoms with van der Waals surface area (Å²) in [7, 11) is 0. The van der Waals surface area contributed by atoms with Crippen molar-refractivity contribution in [3.05, 3.63) is 11.9 Å². The van der Waals surface area contributed by atoms with Crippen LogP contribution >= 0.6 is 0 Å². The molecule has 1 aromatic heterocycles. The van der Waals surface area contributed by atoms with Gasteiger partial charge in [-0.05, 0) is 12.3 Å². The van der Waals surface area contributed by atoms with Crippen molar-refractivity contribution in [2.24, 2.45) is 0 Å². The highest BCUT2D eigenvalue weighted by Gasteiger charge is 2.11. The Bertz CT molecular complexity index is 336. The quantitative estimate of drug-likeness (QED) is 0.714. The molecule has 0 aromatic carbocycles. The Morgan fingerprint density at radius 2 is 2.00 bits per heavy atom. The maximum Gasteiger partial charge on any atom is 0.134 e. The number of rotatable bonds is 7. The van der Waals surface area contributed by atoms with Crippen molar-refractivity contribution >= 4 is 11.6 Å². The van der Waals surface area contributed by atoms with Crippen LogP contribution in [-0.4, -0.2) is 16.5 Å². The maximum atomic E-state index is 5.88. The monoisotopic (exact) mass is 236 g/mol. The zero-order chi connectivity index (χ0) is 12.7. The average molecular weight is 236 g/mol. The first kappa shape index (κ1) is 13.7. The predicted octanol–water partition coefficient (Wildman–Crippen LogP) is 3.17. The molecule has 1 aromatic rings. The number of aromatic nitrogens is 2. The highest BCUT2D eigenvalue weighted by atomic mass is 15.0. The van der Waals surface area contributed by atoms with Gasteiger partial charge in [0.05, 0.1) is 0 Å². The number of hydrogen-bond acceptors (Lipinski definition) is 4. The molecule has 0 atom stereocenters. The van der Waals surface area contributed by atoms with E-state index in [2.05, 4.69) is 36.1 Å². The van der Waals surface area contributed by atoms with Crippen LogP contribution in [0.4, 0.5) is 11.6 Å². The second kappa shape index (κ2) is 7.09. The van der Waals surface area contributed by atoms with Crippen molar-refractivity contribution in [1.82, 2.24) is 9.97 Å². The predicted molar refractivity (Wildman–Crippen MR) is 73.2 cm³/mol. The highest BCUT2D eigenvalue weighted by molar-refractivity contribution is 5.56. The largest absolute Gasteiger partial charge is 0.383 e. The van der Waals surface area contributed by atoms with Crippen LogP contribution in [0.2, 0.25) is 0 Å². The number of unbranched alkanes of at least 4 members (excludes halogenated alkanes) is 3. The topological polar surface area (TPSA) is 63.8 Å². The van der Waals surface area contributed by atoms with E-state index in [-0.39, 0.29) is 0 Å². The molecule has 4 nitrogen and oxygen atoms in total. The van der Waals surface area contributed by atoms with E-state index in [9.17, 15) is 0 Å². The van der Waals surface area contributed by atoms with Gasteiger partial charge in [0.2, 0.25) is 0 Å². The van der Waals surface area contributed by atoms with Crippen molar-refractivity contribution in [3.63, 3.8) is 0 Å². The number of nitrogens with zero attached hydrogens (tertiary/aromatic N) is 2. The van der Waals surface area contributed by atoms with Crippen molar-refractivity contribution in [2.45, 2.75) is 52.4 Å². The van der Waals surface area contributed by atoms with Gasteiger partial charge < -0.3 is 11.1 Å². The summed E-state index contributed by atoms with van der Waals surface area (Å²) >= 11 is 0. The molecule has 4 heteroatoms. The Hall–Kier alpha value is -1.32. The van der Waals surface area contributed by atoms with Crippen molar-refractivity contribution < 1.29 is 0 Å². The van der Waals surface area contributed by atoms with E-state index in [0.29, 0.717) is 11.7 Å². The van der Waals surface area contributed by atoms with Gasteiger partial charge >= 0.3 is 0 Å². The molecule has 96 valence electrons. The van der Waals surface area contributed by atoms with E-state index in [1.54, 1.807) is 0 Å². The fraction of sp³-hybridized carbons (Fsp3) is 0.692. The highest BCUT2D eigenvalue weighted by Crippen LogP contribution is 2.26. The average Bonchev–Trinajstić information content (AvgIpc) is 2.28. The molecule has 1 rings (SSSR count).